The number of methoxy groups -OCH3 is 1. The van der Waals surface area contributed by atoms with Crippen LogP contribution in [0.4, 0.5) is 0 Å². The number of benzene rings is 1. The summed E-state index contributed by atoms with van der Waals surface area (Å²) in [5.41, 5.74) is 2.32. The average molecular weight is 258 g/mol. The molecule has 1 aromatic carbocycles. The molecule has 0 aliphatic carbocycles. The van der Waals surface area contributed by atoms with E-state index in [1.165, 1.54) is 5.56 Å². The molecule has 19 heavy (non-hydrogen) atoms. The van der Waals surface area contributed by atoms with Crippen LogP contribution in [0.3, 0.4) is 0 Å². The van der Waals surface area contributed by atoms with Crippen LogP contribution in [-0.4, -0.2) is 18.7 Å². The van der Waals surface area contributed by atoms with E-state index < -0.39 is 0 Å². The third-order valence-corrected chi connectivity index (χ3v) is 2.94. The SMILES string of the molecule is CNCc1ccc(OC)c(Cn2ccc(=O)cc2)c1. The highest BCUT2D eigenvalue weighted by Crippen LogP contribution is 2.20. The highest BCUT2D eigenvalue weighted by Gasteiger charge is 2.04. The fourth-order valence-corrected chi connectivity index (χ4v) is 2.02. The van der Waals surface area contributed by atoms with Gasteiger partial charge in [0.2, 0.25) is 0 Å². The molecule has 0 saturated carbocycles. The fourth-order valence-electron chi connectivity index (χ4n) is 2.02. The van der Waals surface area contributed by atoms with E-state index in [0.717, 1.165) is 17.9 Å². The van der Waals surface area contributed by atoms with Gasteiger partial charge in [-0.1, -0.05) is 6.07 Å². The molecule has 2 aromatic rings. The molecule has 0 unspecified atom stereocenters. The summed E-state index contributed by atoms with van der Waals surface area (Å²) in [6.07, 6.45) is 3.57. The van der Waals surface area contributed by atoms with Crippen LogP contribution in [0.5, 0.6) is 5.75 Å². The number of pyridine rings is 1. The molecule has 0 aliphatic rings. The second-order valence-electron chi connectivity index (χ2n) is 4.38. The lowest BCUT2D eigenvalue weighted by atomic mass is 10.1. The van der Waals surface area contributed by atoms with E-state index in [9.17, 15) is 4.79 Å². The van der Waals surface area contributed by atoms with Crippen molar-refractivity contribution in [2.24, 2.45) is 0 Å². The van der Waals surface area contributed by atoms with Crippen LogP contribution in [0, 0.1) is 0 Å². The Balaban J connectivity index is 2.28. The summed E-state index contributed by atoms with van der Waals surface area (Å²) in [6, 6.07) is 9.26. The summed E-state index contributed by atoms with van der Waals surface area (Å²) in [6.45, 7) is 1.50. The minimum absolute atomic E-state index is 0.0205. The average Bonchev–Trinajstić information content (AvgIpc) is 2.42. The van der Waals surface area contributed by atoms with Gasteiger partial charge in [-0.2, -0.15) is 0 Å². The first-order valence-corrected chi connectivity index (χ1v) is 6.19. The summed E-state index contributed by atoms with van der Waals surface area (Å²) >= 11 is 0. The highest BCUT2D eigenvalue weighted by atomic mass is 16.5. The molecule has 0 atom stereocenters. The van der Waals surface area contributed by atoms with Crippen molar-refractivity contribution in [1.29, 1.82) is 0 Å². The maximum absolute atomic E-state index is 11.1. The first-order valence-electron chi connectivity index (χ1n) is 6.19. The minimum atomic E-state index is 0.0205. The van der Waals surface area contributed by atoms with E-state index in [-0.39, 0.29) is 5.43 Å². The normalized spacial score (nSPS) is 10.4. The monoisotopic (exact) mass is 258 g/mol. The predicted molar refractivity (Wildman–Crippen MR) is 75.6 cm³/mol. The van der Waals surface area contributed by atoms with E-state index in [0.29, 0.717) is 6.54 Å². The van der Waals surface area contributed by atoms with E-state index >= 15 is 0 Å². The van der Waals surface area contributed by atoms with Crippen molar-refractivity contribution in [1.82, 2.24) is 9.88 Å². The molecule has 0 aliphatic heterocycles. The van der Waals surface area contributed by atoms with Crippen molar-refractivity contribution in [2.75, 3.05) is 14.2 Å². The molecule has 1 heterocycles. The molecule has 4 nitrogen and oxygen atoms in total. The standard InChI is InChI=1S/C15H18N2O2/c1-16-10-12-3-4-15(19-2)13(9-12)11-17-7-5-14(18)6-8-17/h3-9,16H,10-11H2,1-2H3. The Bertz CT molecular complexity index is 585. The van der Waals surface area contributed by atoms with Crippen molar-refractivity contribution in [3.63, 3.8) is 0 Å². The third-order valence-electron chi connectivity index (χ3n) is 2.94. The van der Waals surface area contributed by atoms with Crippen LogP contribution >= 0.6 is 0 Å². The van der Waals surface area contributed by atoms with Crippen LogP contribution in [0.2, 0.25) is 0 Å². The number of aromatic nitrogens is 1. The van der Waals surface area contributed by atoms with Gasteiger partial charge < -0.3 is 14.6 Å². The van der Waals surface area contributed by atoms with Gasteiger partial charge in [0, 0.05) is 36.6 Å². The zero-order chi connectivity index (χ0) is 13.7. The van der Waals surface area contributed by atoms with Gasteiger partial charge in [-0.05, 0) is 24.7 Å². The predicted octanol–water partition coefficient (Wildman–Crippen LogP) is 1.62. The molecule has 100 valence electrons. The molecule has 1 aromatic heterocycles. The van der Waals surface area contributed by atoms with Crippen molar-refractivity contribution in [2.45, 2.75) is 13.1 Å². The lowest BCUT2D eigenvalue weighted by Gasteiger charge is -2.12. The Morgan fingerprint density at radius 1 is 1.21 bits per heavy atom. The molecule has 0 spiro atoms. The topological polar surface area (TPSA) is 43.3 Å². The summed E-state index contributed by atoms with van der Waals surface area (Å²) in [4.78, 5) is 11.1. The molecule has 1 N–H and O–H groups in total. The molecular weight excluding hydrogens is 240 g/mol. The van der Waals surface area contributed by atoms with Gasteiger partial charge in [-0.15, -0.1) is 0 Å². The van der Waals surface area contributed by atoms with Gasteiger partial charge in [0.25, 0.3) is 0 Å². The Morgan fingerprint density at radius 3 is 2.58 bits per heavy atom. The first-order chi connectivity index (χ1) is 9.22. The van der Waals surface area contributed by atoms with Gasteiger partial charge in [0.15, 0.2) is 5.43 Å². The quantitative estimate of drug-likeness (QED) is 0.886. The Kier molecular flexibility index (Phi) is 4.36. The Morgan fingerprint density at radius 2 is 1.95 bits per heavy atom. The zero-order valence-corrected chi connectivity index (χ0v) is 11.2. The second-order valence-corrected chi connectivity index (χ2v) is 4.38. The number of nitrogens with one attached hydrogen (secondary N) is 1. The largest absolute Gasteiger partial charge is 0.496 e. The number of nitrogens with zero attached hydrogens (tertiary/aromatic N) is 1. The molecule has 0 radical (unpaired) electrons. The highest BCUT2D eigenvalue weighted by molar-refractivity contribution is 5.37. The summed E-state index contributed by atoms with van der Waals surface area (Å²) < 4.78 is 7.34. The van der Waals surface area contributed by atoms with Crippen LogP contribution < -0.4 is 15.5 Å². The number of hydrogen-bond acceptors (Lipinski definition) is 3. The van der Waals surface area contributed by atoms with Gasteiger partial charge >= 0.3 is 0 Å². The lowest BCUT2D eigenvalue weighted by Crippen LogP contribution is -2.08. The van der Waals surface area contributed by atoms with Crippen molar-refractivity contribution in [3.8, 4) is 5.75 Å². The minimum Gasteiger partial charge on any atom is -0.496 e. The van der Waals surface area contributed by atoms with E-state index in [2.05, 4.69) is 11.4 Å². The molecule has 2 rings (SSSR count). The zero-order valence-electron chi connectivity index (χ0n) is 11.2. The number of hydrogen-bond donors (Lipinski definition) is 1. The Hall–Kier alpha value is -2.07. The van der Waals surface area contributed by atoms with Gasteiger partial charge in [-0.25, -0.2) is 0 Å². The fraction of sp³-hybridized carbons (Fsp3) is 0.267. The van der Waals surface area contributed by atoms with Gasteiger partial charge in [0.1, 0.15) is 5.75 Å². The van der Waals surface area contributed by atoms with Crippen molar-refractivity contribution < 1.29 is 4.74 Å². The third kappa shape index (κ3) is 3.45. The van der Waals surface area contributed by atoms with Crippen molar-refractivity contribution in [3.05, 3.63) is 64.1 Å². The van der Waals surface area contributed by atoms with Crippen molar-refractivity contribution >= 4 is 0 Å². The van der Waals surface area contributed by atoms with E-state index in [1.54, 1.807) is 31.6 Å². The maximum atomic E-state index is 11.1. The molecule has 4 heteroatoms. The second kappa shape index (κ2) is 6.20. The van der Waals surface area contributed by atoms with Crippen LogP contribution in [0.25, 0.3) is 0 Å². The molecule has 0 amide bonds. The molecular formula is C15H18N2O2. The summed E-state index contributed by atoms with van der Waals surface area (Å²) in [7, 11) is 3.59. The van der Waals surface area contributed by atoms with Gasteiger partial charge in [0.05, 0.1) is 13.7 Å². The van der Waals surface area contributed by atoms with E-state index in [4.69, 9.17) is 4.74 Å². The first kappa shape index (κ1) is 13.4. The molecule has 0 saturated heterocycles. The lowest BCUT2D eigenvalue weighted by molar-refractivity contribution is 0.408. The van der Waals surface area contributed by atoms with E-state index in [1.807, 2.05) is 23.7 Å². The molecule has 0 fully saturated rings. The summed E-state index contributed by atoms with van der Waals surface area (Å²) in [5.74, 6) is 0.860. The van der Waals surface area contributed by atoms with Crippen LogP contribution in [0.1, 0.15) is 11.1 Å². The number of ether oxygens (including phenoxy) is 1. The number of rotatable bonds is 5. The molecule has 0 bridgehead atoms. The van der Waals surface area contributed by atoms with Gasteiger partial charge in [-0.3, -0.25) is 4.79 Å². The Labute approximate surface area is 112 Å². The summed E-state index contributed by atoms with van der Waals surface area (Å²) in [5, 5.41) is 3.13. The van der Waals surface area contributed by atoms with Crippen LogP contribution in [0.15, 0.2) is 47.5 Å². The smallest absolute Gasteiger partial charge is 0.181 e. The van der Waals surface area contributed by atoms with Crippen LogP contribution in [-0.2, 0) is 13.1 Å². The maximum Gasteiger partial charge on any atom is 0.181 e.